The van der Waals surface area contributed by atoms with Crippen molar-refractivity contribution in [1.82, 2.24) is 25.1 Å². The number of hydrogen-bond donors (Lipinski definition) is 1. The molecule has 0 aliphatic rings. The molecular formula is C11H11Cl2N5O3. The van der Waals surface area contributed by atoms with E-state index in [2.05, 4.69) is 15.4 Å². The minimum absolute atomic E-state index is 0.0167. The summed E-state index contributed by atoms with van der Waals surface area (Å²) >= 11 is 11.7. The molecule has 0 radical (unpaired) electrons. The Morgan fingerprint density at radius 1 is 1.48 bits per heavy atom. The van der Waals surface area contributed by atoms with Crippen molar-refractivity contribution in [3.05, 3.63) is 34.6 Å². The third-order valence-corrected chi connectivity index (χ3v) is 3.41. The summed E-state index contributed by atoms with van der Waals surface area (Å²) in [4.78, 5) is 13.2. The van der Waals surface area contributed by atoms with E-state index in [1.807, 2.05) is 0 Å². The fourth-order valence-electron chi connectivity index (χ4n) is 1.51. The van der Waals surface area contributed by atoms with E-state index in [1.54, 1.807) is 12.1 Å². The summed E-state index contributed by atoms with van der Waals surface area (Å²) in [5.74, 6) is 0.452. The summed E-state index contributed by atoms with van der Waals surface area (Å²) in [6.45, 7) is -0.0167. The highest BCUT2D eigenvalue weighted by molar-refractivity contribution is 6.42. The molecule has 10 heteroatoms. The maximum absolute atomic E-state index is 11.1. The Hall–Kier alpha value is -2.06. The first-order valence-electron chi connectivity index (χ1n) is 5.75. The summed E-state index contributed by atoms with van der Waals surface area (Å²) in [6, 6.07) is 4.75. The third kappa shape index (κ3) is 3.73. The lowest BCUT2D eigenvalue weighted by atomic mass is 10.3. The Balaban J connectivity index is 2.12. The zero-order valence-electron chi connectivity index (χ0n) is 10.8. The number of amides is 1. The molecule has 0 saturated carbocycles. The molecule has 2 aromatic rings. The highest BCUT2D eigenvalue weighted by atomic mass is 35.5. The van der Waals surface area contributed by atoms with E-state index in [9.17, 15) is 4.79 Å². The Morgan fingerprint density at radius 2 is 2.24 bits per heavy atom. The van der Waals surface area contributed by atoms with Crippen molar-refractivity contribution in [2.75, 3.05) is 13.7 Å². The van der Waals surface area contributed by atoms with Gasteiger partial charge >= 0.3 is 6.09 Å². The number of tetrazole rings is 1. The van der Waals surface area contributed by atoms with Crippen LogP contribution in [0.3, 0.4) is 0 Å². The molecule has 1 heterocycles. The smallest absolute Gasteiger partial charge is 0.408 e. The van der Waals surface area contributed by atoms with Crippen molar-refractivity contribution in [1.29, 1.82) is 0 Å². The van der Waals surface area contributed by atoms with Crippen LogP contribution >= 0.6 is 23.2 Å². The van der Waals surface area contributed by atoms with Crippen LogP contribution in [-0.4, -0.2) is 50.0 Å². The quantitative estimate of drug-likeness (QED) is 0.902. The van der Waals surface area contributed by atoms with Gasteiger partial charge in [0.1, 0.15) is 12.4 Å². The molecule has 112 valence electrons. The number of carbonyl (C=O) groups is 1. The van der Waals surface area contributed by atoms with Crippen molar-refractivity contribution in [2.45, 2.75) is 6.17 Å². The molecule has 0 bridgehead atoms. The largest absolute Gasteiger partial charge is 0.489 e. The molecule has 0 aliphatic carbocycles. The van der Waals surface area contributed by atoms with Crippen LogP contribution in [0.4, 0.5) is 4.79 Å². The van der Waals surface area contributed by atoms with Crippen LogP contribution in [0.2, 0.25) is 10.0 Å². The second-order valence-electron chi connectivity index (χ2n) is 4.02. The van der Waals surface area contributed by atoms with E-state index in [0.717, 1.165) is 9.70 Å². The minimum atomic E-state index is -1.14. The molecule has 1 aromatic carbocycles. The van der Waals surface area contributed by atoms with Gasteiger partial charge in [-0.05, 0) is 17.3 Å². The number of carboxylic acid groups (broad SMARTS) is 1. The minimum Gasteiger partial charge on any atom is -0.489 e. The van der Waals surface area contributed by atoms with Gasteiger partial charge in [0.2, 0.25) is 0 Å². The molecular weight excluding hydrogens is 321 g/mol. The van der Waals surface area contributed by atoms with Crippen molar-refractivity contribution in [3.8, 4) is 5.75 Å². The molecule has 1 amide bonds. The number of rotatable bonds is 5. The second kappa shape index (κ2) is 6.59. The molecule has 0 saturated heterocycles. The zero-order chi connectivity index (χ0) is 15.4. The van der Waals surface area contributed by atoms with Gasteiger partial charge < -0.3 is 9.84 Å². The van der Waals surface area contributed by atoms with Crippen LogP contribution < -0.4 is 4.74 Å². The molecule has 1 unspecified atom stereocenters. The summed E-state index contributed by atoms with van der Waals surface area (Å²) in [7, 11) is 1.38. The molecule has 0 fully saturated rings. The Bertz CT molecular complexity index is 622. The van der Waals surface area contributed by atoms with E-state index in [4.69, 9.17) is 33.0 Å². The topological polar surface area (TPSA) is 93.4 Å². The maximum atomic E-state index is 11.1. The van der Waals surface area contributed by atoms with E-state index in [-0.39, 0.29) is 6.61 Å². The number of aromatic nitrogens is 4. The number of halogens is 2. The predicted molar refractivity (Wildman–Crippen MR) is 74.6 cm³/mol. The first-order chi connectivity index (χ1) is 9.99. The van der Waals surface area contributed by atoms with Crippen molar-refractivity contribution in [3.63, 3.8) is 0 Å². The molecule has 1 aromatic heterocycles. The monoisotopic (exact) mass is 331 g/mol. The Labute approximate surface area is 129 Å². The fraction of sp³-hybridized carbons (Fsp3) is 0.273. The normalized spacial score (nSPS) is 12.0. The summed E-state index contributed by atoms with van der Waals surface area (Å²) in [5.41, 5.74) is 0. The van der Waals surface area contributed by atoms with Crippen molar-refractivity contribution >= 4 is 29.3 Å². The standard InChI is InChI=1S/C11H11Cl2N5O3/c1-17(11(19)20)10(18-15-6-14-16-18)5-21-7-2-3-8(12)9(13)4-7/h2-4,6,10H,5H2,1H3,(H,19,20). The SMILES string of the molecule is CN(C(=O)O)C(COc1ccc(Cl)c(Cl)c1)n1ncnn1. The first kappa shape index (κ1) is 15.3. The van der Waals surface area contributed by atoms with Crippen LogP contribution in [0.5, 0.6) is 5.75 Å². The molecule has 0 aliphatic heterocycles. The predicted octanol–water partition coefficient (Wildman–Crippen LogP) is 2.17. The molecule has 1 atom stereocenters. The second-order valence-corrected chi connectivity index (χ2v) is 4.83. The van der Waals surface area contributed by atoms with E-state index in [1.165, 1.54) is 19.4 Å². The number of benzene rings is 1. The summed E-state index contributed by atoms with van der Waals surface area (Å²) in [6.07, 6.45) is -0.698. The van der Waals surface area contributed by atoms with Gasteiger partial charge in [-0.25, -0.2) is 4.79 Å². The number of hydrogen-bond acceptors (Lipinski definition) is 5. The summed E-state index contributed by atoms with van der Waals surface area (Å²) in [5, 5.41) is 20.9. The molecule has 21 heavy (non-hydrogen) atoms. The highest BCUT2D eigenvalue weighted by Crippen LogP contribution is 2.26. The lowest BCUT2D eigenvalue weighted by Crippen LogP contribution is -2.38. The lowest BCUT2D eigenvalue weighted by Gasteiger charge is -2.24. The van der Waals surface area contributed by atoms with Gasteiger partial charge in [-0.2, -0.15) is 0 Å². The average molecular weight is 332 g/mol. The van der Waals surface area contributed by atoms with Gasteiger partial charge in [-0.3, -0.25) is 4.90 Å². The fourth-order valence-corrected chi connectivity index (χ4v) is 1.80. The van der Waals surface area contributed by atoms with Gasteiger partial charge in [0.15, 0.2) is 12.5 Å². The van der Waals surface area contributed by atoms with E-state index >= 15 is 0 Å². The molecule has 0 spiro atoms. The van der Waals surface area contributed by atoms with Crippen LogP contribution in [0.15, 0.2) is 24.5 Å². The van der Waals surface area contributed by atoms with Gasteiger partial charge in [-0.15, -0.1) is 15.0 Å². The van der Waals surface area contributed by atoms with E-state index in [0.29, 0.717) is 15.8 Å². The van der Waals surface area contributed by atoms with Crippen LogP contribution in [0, 0.1) is 0 Å². The zero-order valence-corrected chi connectivity index (χ0v) is 12.4. The lowest BCUT2D eigenvalue weighted by molar-refractivity contribution is 0.0751. The third-order valence-electron chi connectivity index (χ3n) is 2.67. The molecule has 1 N–H and O–H groups in total. The summed E-state index contributed by atoms with van der Waals surface area (Å²) < 4.78 is 5.52. The van der Waals surface area contributed by atoms with E-state index < -0.39 is 12.3 Å². The average Bonchev–Trinajstić information content (AvgIpc) is 2.96. The molecule has 8 nitrogen and oxygen atoms in total. The number of ether oxygens (including phenoxy) is 1. The van der Waals surface area contributed by atoms with Crippen LogP contribution in [0.25, 0.3) is 0 Å². The van der Waals surface area contributed by atoms with Crippen LogP contribution in [0.1, 0.15) is 6.17 Å². The Kier molecular flexibility index (Phi) is 4.81. The number of likely N-dealkylation sites (N-methyl/N-ethyl adjacent to an activating group) is 1. The van der Waals surface area contributed by atoms with Gasteiger partial charge in [0, 0.05) is 13.1 Å². The number of nitrogens with zero attached hydrogens (tertiary/aromatic N) is 5. The van der Waals surface area contributed by atoms with Crippen LogP contribution in [-0.2, 0) is 0 Å². The highest BCUT2D eigenvalue weighted by Gasteiger charge is 2.23. The van der Waals surface area contributed by atoms with Gasteiger partial charge in [-0.1, -0.05) is 23.2 Å². The van der Waals surface area contributed by atoms with Crippen molar-refractivity contribution < 1.29 is 14.6 Å². The van der Waals surface area contributed by atoms with Crippen molar-refractivity contribution in [2.24, 2.45) is 0 Å². The van der Waals surface area contributed by atoms with Gasteiger partial charge in [0.25, 0.3) is 0 Å². The first-order valence-corrected chi connectivity index (χ1v) is 6.50. The van der Waals surface area contributed by atoms with Gasteiger partial charge in [0.05, 0.1) is 10.0 Å². The maximum Gasteiger partial charge on any atom is 0.408 e. The molecule has 2 rings (SSSR count). The Morgan fingerprint density at radius 3 is 2.81 bits per heavy atom.